The number of hydrogen-bond acceptors (Lipinski definition) is 7. The Hall–Kier alpha value is -2.61. The van der Waals surface area contributed by atoms with Crippen LogP contribution in [0.5, 0.6) is 11.5 Å². The van der Waals surface area contributed by atoms with Gasteiger partial charge in [0.05, 0.1) is 6.54 Å². The van der Waals surface area contributed by atoms with E-state index in [1.54, 1.807) is 30.1 Å². The average Bonchev–Trinajstić information content (AvgIpc) is 3.15. The van der Waals surface area contributed by atoms with Gasteiger partial charge >= 0.3 is 5.97 Å². The molecule has 0 fully saturated rings. The minimum absolute atomic E-state index is 0.148. The molecule has 0 saturated carbocycles. The molecule has 8 heteroatoms. The monoisotopic (exact) mass is 319 g/mol. The van der Waals surface area contributed by atoms with Gasteiger partial charge in [-0.1, -0.05) is 18.1 Å². The van der Waals surface area contributed by atoms with Crippen LogP contribution in [0.25, 0.3) is 0 Å². The Labute approximate surface area is 132 Å². The minimum Gasteiger partial charge on any atom is -0.480 e. The quantitative estimate of drug-likeness (QED) is 0.857. The number of likely N-dealkylation sites (N-methyl/N-ethyl adjacent to an activating group) is 1. The summed E-state index contributed by atoms with van der Waals surface area (Å²) in [6.07, 6.45) is 0.640. The number of aryl methyl sites for hydroxylation is 1. The topological polar surface area (TPSA) is 97.9 Å². The van der Waals surface area contributed by atoms with Gasteiger partial charge < -0.3 is 19.1 Å². The highest BCUT2D eigenvalue weighted by Crippen LogP contribution is 2.35. The Morgan fingerprint density at radius 1 is 1.39 bits per heavy atom. The zero-order chi connectivity index (χ0) is 16.4. The zero-order valence-corrected chi connectivity index (χ0v) is 12.9. The van der Waals surface area contributed by atoms with Gasteiger partial charge in [0.15, 0.2) is 17.3 Å². The smallest absolute Gasteiger partial charge is 0.325 e. The molecule has 1 aliphatic heterocycles. The molecular formula is C15H17N3O5. The molecule has 1 aromatic heterocycles. The van der Waals surface area contributed by atoms with Crippen LogP contribution in [0.3, 0.4) is 0 Å². The molecule has 0 amide bonds. The summed E-state index contributed by atoms with van der Waals surface area (Å²) >= 11 is 0. The molecule has 8 nitrogen and oxygen atoms in total. The highest BCUT2D eigenvalue weighted by Gasteiger charge is 2.28. The lowest BCUT2D eigenvalue weighted by Gasteiger charge is -2.23. The third-order valence-corrected chi connectivity index (χ3v) is 3.59. The van der Waals surface area contributed by atoms with Gasteiger partial charge in [-0.15, -0.1) is 0 Å². The van der Waals surface area contributed by atoms with E-state index in [1.807, 2.05) is 6.92 Å². The standard InChI is InChI=1S/C15H17N3O5/c1-3-13-16-12(17-23-13)7-18(2)14(15(19)20)9-4-5-10-11(6-9)22-8-21-10/h4-6,14H,3,7-8H2,1-2H3,(H,19,20)/t14-/m0/s1. The van der Waals surface area contributed by atoms with E-state index in [1.165, 1.54) is 0 Å². The summed E-state index contributed by atoms with van der Waals surface area (Å²) in [6, 6.07) is 4.26. The normalized spacial score (nSPS) is 14.2. The summed E-state index contributed by atoms with van der Waals surface area (Å²) in [5, 5.41) is 13.5. The number of carbonyl (C=O) groups is 1. The molecule has 0 saturated heterocycles. The van der Waals surface area contributed by atoms with E-state index in [0.717, 1.165) is 0 Å². The third-order valence-electron chi connectivity index (χ3n) is 3.59. The van der Waals surface area contributed by atoms with Gasteiger partial charge in [0.25, 0.3) is 0 Å². The Kier molecular flexibility index (Phi) is 4.16. The summed E-state index contributed by atoms with van der Waals surface area (Å²) in [7, 11) is 1.70. The number of carboxylic acid groups (broad SMARTS) is 1. The largest absolute Gasteiger partial charge is 0.480 e. The average molecular weight is 319 g/mol. The van der Waals surface area contributed by atoms with Crippen LogP contribution in [0.2, 0.25) is 0 Å². The summed E-state index contributed by atoms with van der Waals surface area (Å²) in [6.45, 7) is 2.32. The molecule has 122 valence electrons. The first-order valence-electron chi connectivity index (χ1n) is 7.22. The number of fused-ring (bicyclic) bond motifs is 1. The fraction of sp³-hybridized carbons (Fsp3) is 0.400. The number of ether oxygens (including phenoxy) is 2. The first-order valence-corrected chi connectivity index (χ1v) is 7.22. The van der Waals surface area contributed by atoms with Crippen LogP contribution in [0.4, 0.5) is 0 Å². The van der Waals surface area contributed by atoms with Gasteiger partial charge in [-0.05, 0) is 24.7 Å². The van der Waals surface area contributed by atoms with Crippen molar-refractivity contribution in [2.75, 3.05) is 13.8 Å². The van der Waals surface area contributed by atoms with Crippen LogP contribution in [-0.4, -0.2) is 40.0 Å². The number of benzene rings is 1. The zero-order valence-electron chi connectivity index (χ0n) is 12.9. The van der Waals surface area contributed by atoms with Gasteiger partial charge in [-0.2, -0.15) is 4.98 Å². The molecule has 1 aromatic carbocycles. The van der Waals surface area contributed by atoms with E-state index >= 15 is 0 Å². The number of nitrogens with zero attached hydrogens (tertiary/aromatic N) is 3. The molecule has 2 heterocycles. The lowest BCUT2D eigenvalue weighted by atomic mass is 10.0. The van der Waals surface area contributed by atoms with E-state index in [0.29, 0.717) is 35.2 Å². The summed E-state index contributed by atoms with van der Waals surface area (Å²) in [5.41, 5.74) is 0.600. The van der Waals surface area contributed by atoms with Crippen molar-refractivity contribution >= 4 is 5.97 Å². The molecule has 1 N–H and O–H groups in total. The molecule has 3 rings (SSSR count). The van der Waals surface area contributed by atoms with Crippen LogP contribution >= 0.6 is 0 Å². The van der Waals surface area contributed by atoms with E-state index < -0.39 is 12.0 Å². The first-order chi connectivity index (χ1) is 11.1. The Bertz CT molecular complexity index is 715. The van der Waals surface area contributed by atoms with Crippen molar-refractivity contribution in [3.63, 3.8) is 0 Å². The maximum absolute atomic E-state index is 11.7. The second kappa shape index (κ2) is 6.25. The molecule has 1 aliphatic rings. The lowest BCUT2D eigenvalue weighted by Crippen LogP contribution is -2.30. The van der Waals surface area contributed by atoms with E-state index in [9.17, 15) is 9.90 Å². The van der Waals surface area contributed by atoms with Gasteiger partial charge in [-0.3, -0.25) is 9.69 Å². The molecule has 1 atom stereocenters. The van der Waals surface area contributed by atoms with E-state index in [4.69, 9.17) is 14.0 Å². The molecular weight excluding hydrogens is 302 g/mol. The van der Waals surface area contributed by atoms with Crippen LogP contribution in [0.15, 0.2) is 22.7 Å². The van der Waals surface area contributed by atoms with Crippen LogP contribution in [0.1, 0.15) is 30.2 Å². The molecule has 0 aliphatic carbocycles. The molecule has 0 bridgehead atoms. The summed E-state index contributed by atoms with van der Waals surface area (Å²) < 4.78 is 15.6. The van der Waals surface area contributed by atoms with Crippen molar-refractivity contribution in [3.8, 4) is 11.5 Å². The number of rotatable bonds is 6. The second-order valence-corrected chi connectivity index (χ2v) is 5.23. The van der Waals surface area contributed by atoms with Crippen LogP contribution in [-0.2, 0) is 17.8 Å². The SMILES string of the molecule is CCc1nc(CN(C)[C@H](C(=O)O)c2ccc3c(c2)OCO3)no1. The van der Waals surface area contributed by atoms with Crippen LogP contribution < -0.4 is 9.47 Å². The highest BCUT2D eigenvalue weighted by atomic mass is 16.7. The van der Waals surface area contributed by atoms with Crippen molar-refractivity contribution in [2.24, 2.45) is 0 Å². The van der Waals surface area contributed by atoms with E-state index in [-0.39, 0.29) is 13.3 Å². The lowest BCUT2D eigenvalue weighted by molar-refractivity contribution is -0.143. The summed E-state index contributed by atoms with van der Waals surface area (Å²) in [4.78, 5) is 17.6. The maximum atomic E-state index is 11.7. The van der Waals surface area contributed by atoms with Crippen molar-refractivity contribution < 1.29 is 23.9 Å². The van der Waals surface area contributed by atoms with Gasteiger partial charge in [0.2, 0.25) is 12.7 Å². The fourth-order valence-electron chi connectivity index (χ4n) is 2.48. The minimum atomic E-state index is -0.967. The Balaban J connectivity index is 1.81. The molecule has 23 heavy (non-hydrogen) atoms. The molecule has 0 radical (unpaired) electrons. The molecule has 2 aromatic rings. The molecule has 0 unspecified atom stereocenters. The number of aromatic nitrogens is 2. The summed E-state index contributed by atoms with van der Waals surface area (Å²) in [5.74, 6) is 1.19. The predicted molar refractivity (Wildman–Crippen MR) is 78.1 cm³/mol. The van der Waals surface area contributed by atoms with Gasteiger partial charge in [0, 0.05) is 6.42 Å². The number of aliphatic carboxylic acids is 1. The predicted octanol–water partition coefficient (Wildman–Crippen LogP) is 1.62. The highest BCUT2D eigenvalue weighted by molar-refractivity contribution is 5.76. The number of carboxylic acids is 1. The Morgan fingerprint density at radius 3 is 2.87 bits per heavy atom. The molecule has 0 spiro atoms. The second-order valence-electron chi connectivity index (χ2n) is 5.23. The fourth-order valence-corrected chi connectivity index (χ4v) is 2.48. The van der Waals surface area contributed by atoms with Crippen molar-refractivity contribution in [1.29, 1.82) is 0 Å². The third kappa shape index (κ3) is 3.11. The van der Waals surface area contributed by atoms with Gasteiger partial charge in [-0.25, -0.2) is 0 Å². The van der Waals surface area contributed by atoms with E-state index in [2.05, 4.69) is 10.1 Å². The Morgan fingerprint density at radius 2 is 2.17 bits per heavy atom. The van der Waals surface area contributed by atoms with Crippen LogP contribution in [0, 0.1) is 0 Å². The van der Waals surface area contributed by atoms with Gasteiger partial charge in [0.1, 0.15) is 6.04 Å². The van der Waals surface area contributed by atoms with Crippen molar-refractivity contribution in [2.45, 2.75) is 25.9 Å². The van der Waals surface area contributed by atoms with Crippen molar-refractivity contribution in [3.05, 3.63) is 35.5 Å². The van der Waals surface area contributed by atoms with Crippen molar-refractivity contribution in [1.82, 2.24) is 15.0 Å². The number of hydrogen-bond donors (Lipinski definition) is 1. The first kappa shape index (κ1) is 15.3. The maximum Gasteiger partial charge on any atom is 0.325 e.